The van der Waals surface area contributed by atoms with E-state index in [9.17, 15) is 58.6 Å². The summed E-state index contributed by atoms with van der Waals surface area (Å²) in [7, 11) is 0. The first-order valence-corrected chi connectivity index (χ1v) is 32.1. The topological polar surface area (TPSA) is 254 Å². The van der Waals surface area contributed by atoms with Gasteiger partial charge in [0.25, 0.3) is 58.6 Å². The van der Waals surface area contributed by atoms with Gasteiger partial charge in [-0.05, 0) is 213 Å². The van der Waals surface area contributed by atoms with Crippen molar-refractivity contribution in [2.45, 2.75) is 18.5 Å². The predicted molar refractivity (Wildman–Crippen MR) is 364 cm³/mol. The minimum Gasteiger partial charge on any atom is -0.457 e. The smallest absolute Gasteiger partial charge is 0.402 e. The molecule has 8 amide bonds. The van der Waals surface area contributed by atoms with E-state index in [2.05, 4.69) is 63.7 Å². The highest BCUT2D eigenvalue weighted by Gasteiger charge is 2.54. The number of imide groups is 4. The summed E-state index contributed by atoms with van der Waals surface area (Å²) in [6.07, 6.45) is -4.81. The van der Waals surface area contributed by atoms with E-state index in [1.165, 1.54) is 146 Å². The quantitative estimate of drug-likeness (QED) is 0.0557. The third kappa shape index (κ3) is 10.4. The van der Waals surface area contributed by atoms with E-state index < -0.39 is 68.7 Å². The van der Waals surface area contributed by atoms with Gasteiger partial charge in [0.05, 0.1) is 77.1 Å². The average Bonchev–Trinajstić information content (AvgIpc) is 1.42. The second-order valence-electron chi connectivity index (χ2n) is 22.7. The Morgan fingerprint density at radius 1 is 0.357 bits per heavy atom. The Hall–Kier alpha value is -11.1. The van der Waals surface area contributed by atoms with Gasteiger partial charge in [-0.3, -0.25) is 58.6 Å². The standard InChI is InChI=1S/C71H35Br4F3N6O14/c1-70(71(76,77)78,36-10-18-42(19-11-36)97-44-22-14-38(15-23-44)79-64(87)50-6-2-4-46(58(50)68(79)91)34-8-26-48-52(28-34)66(89)81(62(48)85)60-54(72)30-40(83(93)94)31-55(60)73)37-12-20-43(21-13-37)98-45-24-16-39(17-25-45)80-65(88)51-7-3-5-47(59(51)69(80)92)35-9-27-49-53(29-35)67(90)82(63(49)86)61-56(74)32-41(84(95)96)33-57(61)75/h2-33H,1H3. The van der Waals surface area contributed by atoms with Crippen LogP contribution in [0.4, 0.5) is 47.3 Å². The number of carbonyl (C=O) groups is 8. The Morgan fingerprint density at radius 2 is 0.653 bits per heavy atom. The van der Waals surface area contributed by atoms with E-state index in [1.54, 1.807) is 24.3 Å². The lowest BCUT2D eigenvalue weighted by molar-refractivity contribution is -0.385. The molecule has 0 saturated heterocycles. The van der Waals surface area contributed by atoms with Gasteiger partial charge in [0.2, 0.25) is 0 Å². The van der Waals surface area contributed by atoms with Crippen LogP contribution in [0.1, 0.15) is 101 Å². The van der Waals surface area contributed by atoms with Crippen molar-refractivity contribution in [2.24, 2.45) is 0 Å². The lowest BCUT2D eigenvalue weighted by Crippen LogP contribution is -2.40. The van der Waals surface area contributed by atoms with Crippen molar-refractivity contribution >= 4 is 145 Å². The molecular formula is C71H35Br4F3N6O14. The van der Waals surface area contributed by atoms with E-state index in [1.807, 2.05) is 0 Å². The van der Waals surface area contributed by atoms with Crippen LogP contribution in [-0.4, -0.2) is 63.3 Å². The van der Waals surface area contributed by atoms with Crippen molar-refractivity contribution in [1.29, 1.82) is 0 Å². The summed E-state index contributed by atoms with van der Waals surface area (Å²) in [4.78, 5) is 137. The van der Waals surface area contributed by atoms with Gasteiger partial charge in [0.15, 0.2) is 0 Å². The number of ether oxygens (including phenoxy) is 2. The number of benzene rings is 10. The molecule has 4 aliphatic rings. The summed E-state index contributed by atoms with van der Waals surface area (Å²) in [6.45, 7) is 1.04. The van der Waals surface area contributed by atoms with Crippen LogP contribution in [-0.2, 0) is 5.41 Å². The molecule has 14 rings (SSSR count). The van der Waals surface area contributed by atoms with Gasteiger partial charge >= 0.3 is 6.18 Å². The number of nitro groups is 2. The number of alkyl halides is 3. The third-order valence-electron chi connectivity index (χ3n) is 17.2. The van der Waals surface area contributed by atoms with E-state index in [-0.39, 0.29) is 131 Å². The molecular weight excluding hydrogens is 1540 g/mol. The SMILES string of the molecule is CC(c1ccc(Oc2ccc(N3C(=O)c4cccc(-c5ccc6c(c5)C(=O)N(c5c(Br)cc([N+](=O)[O-])cc5Br)C6=O)c4C3=O)cc2)cc1)(c1ccc(Oc2ccc(N3C(=O)c4cccc(-c5ccc6c(c5)C(=O)N(c5c(Br)cc([N+](=O)[O-])cc5Br)C6=O)c4C3=O)cc2)cc1)C(F)(F)F. The maximum absolute atomic E-state index is 15.3. The Balaban J connectivity index is 0.629. The summed E-state index contributed by atoms with van der Waals surface area (Å²) in [6, 6.07) is 45.1. The monoisotopic (exact) mass is 1570 g/mol. The molecule has 10 aromatic rings. The highest BCUT2D eigenvalue weighted by Crippen LogP contribution is 2.49. The maximum atomic E-state index is 15.3. The van der Waals surface area contributed by atoms with E-state index in [0.29, 0.717) is 22.3 Å². The second-order valence-corrected chi connectivity index (χ2v) is 26.1. The molecule has 4 heterocycles. The van der Waals surface area contributed by atoms with Gasteiger partial charge in [-0.1, -0.05) is 60.7 Å². The first kappa shape index (κ1) is 64.2. The van der Waals surface area contributed by atoms with Gasteiger partial charge in [-0.15, -0.1) is 0 Å². The zero-order valence-corrected chi connectivity index (χ0v) is 55.9. The number of rotatable bonds is 14. The van der Waals surface area contributed by atoms with Crippen LogP contribution in [0.5, 0.6) is 23.0 Å². The number of hydrogen-bond donors (Lipinski definition) is 0. The number of carbonyl (C=O) groups excluding carboxylic acids is 8. The number of anilines is 4. The van der Waals surface area contributed by atoms with Gasteiger partial charge in [0, 0.05) is 42.2 Å². The lowest BCUT2D eigenvalue weighted by Gasteiger charge is -2.33. The minimum absolute atomic E-state index is 0.00834. The van der Waals surface area contributed by atoms with Crippen molar-refractivity contribution in [3.8, 4) is 45.3 Å². The van der Waals surface area contributed by atoms with Gasteiger partial charge in [-0.25, -0.2) is 19.6 Å². The second kappa shape index (κ2) is 23.9. The van der Waals surface area contributed by atoms with Crippen molar-refractivity contribution in [1.82, 2.24) is 0 Å². The van der Waals surface area contributed by atoms with Crippen LogP contribution in [0.2, 0.25) is 0 Å². The van der Waals surface area contributed by atoms with Crippen LogP contribution in [0.25, 0.3) is 22.3 Å². The van der Waals surface area contributed by atoms with E-state index >= 15 is 13.2 Å². The Labute approximate surface area is 583 Å². The molecule has 0 atom stereocenters. The molecule has 0 fully saturated rings. The molecule has 0 spiro atoms. The van der Waals surface area contributed by atoms with Gasteiger partial charge in [0.1, 0.15) is 28.4 Å². The first-order valence-electron chi connectivity index (χ1n) is 28.9. The summed E-state index contributed by atoms with van der Waals surface area (Å²) in [5.41, 5.74) is -1.38. The molecule has 27 heteroatoms. The number of hydrogen-bond acceptors (Lipinski definition) is 14. The molecule has 0 N–H and O–H groups in total. The zero-order chi connectivity index (χ0) is 69.3. The molecule has 0 saturated carbocycles. The molecule has 98 heavy (non-hydrogen) atoms. The Bertz CT molecular complexity index is 4940. The highest BCUT2D eigenvalue weighted by atomic mass is 79.9. The highest BCUT2D eigenvalue weighted by molar-refractivity contribution is 9.11. The lowest BCUT2D eigenvalue weighted by atomic mass is 9.75. The summed E-state index contributed by atoms with van der Waals surface area (Å²) >= 11 is 13.0. The van der Waals surface area contributed by atoms with Gasteiger partial charge in [-0.2, -0.15) is 13.2 Å². The van der Waals surface area contributed by atoms with Crippen molar-refractivity contribution in [3.63, 3.8) is 0 Å². The number of non-ortho nitro benzene ring substituents is 2. The maximum Gasteiger partial charge on any atom is 0.402 e. The van der Waals surface area contributed by atoms with Crippen LogP contribution >= 0.6 is 63.7 Å². The van der Waals surface area contributed by atoms with Crippen molar-refractivity contribution in [3.05, 3.63) is 288 Å². The Morgan fingerprint density at radius 3 is 0.969 bits per heavy atom. The number of nitrogens with zero attached hydrogens (tertiary/aromatic N) is 6. The zero-order valence-electron chi connectivity index (χ0n) is 49.5. The molecule has 0 unspecified atom stereocenters. The molecule has 0 radical (unpaired) electrons. The molecule has 20 nitrogen and oxygen atoms in total. The normalized spacial score (nSPS) is 14.2. The first-order chi connectivity index (χ1) is 46.7. The Kier molecular flexibility index (Phi) is 15.7. The average molecular weight is 1570 g/mol. The number of halogens is 7. The molecule has 4 aliphatic heterocycles. The van der Waals surface area contributed by atoms with E-state index in [4.69, 9.17) is 9.47 Å². The fourth-order valence-corrected chi connectivity index (χ4v) is 15.3. The van der Waals surface area contributed by atoms with Crippen LogP contribution in [0.15, 0.2) is 212 Å². The minimum atomic E-state index is -4.81. The van der Waals surface area contributed by atoms with Gasteiger partial charge < -0.3 is 9.47 Å². The number of amides is 8. The molecule has 0 aliphatic carbocycles. The predicted octanol–water partition coefficient (Wildman–Crippen LogP) is 17.5. The fraction of sp³-hybridized carbons (Fsp3) is 0.0423. The third-order valence-corrected chi connectivity index (χ3v) is 19.6. The summed E-state index contributed by atoms with van der Waals surface area (Å²) in [5, 5.41) is 22.9. The fourth-order valence-electron chi connectivity index (χ4n) is 12.3. The largest absolute Gasteiger partial charge is 0.457 e. The van der Waals surface area contributed by atoms with Crippen LogP contribution in [0.3, 0.4) is 0 Å². The van der Waals surface area contributed by atoms with E-state index in [0.717, 1.165) is 50.8 Å². The summed E-state index contributed by atoms with van der Waals surface area (Å²) in [5.74, 6) is -4.74. The molecule has 482 valence electrons. The van der Waals surface area contributed by atoms with Crippen LogP contribution in [0, 0.1) is 20.2 Å². The van der Waals surface area contributed by atoms with Crippen LogP contribution < -0.4 is 29.1 Å². The molecule has 0 bridgehead atoms. The summed E-state index contributed by atoms with van der Waals surface area (Å²) < 4.78 is 58.5. The molecule has 10 aromatic carbocycles. The number of nitro benzene ring substituents is 2. The number of fused-ring (bicyclic) bond motifs is 4. The molecule has 0 aromatic heterocycles. The van der Waals surface area contributed by atoms with Crippen molar-refractivity contribution < 1.29 is 70.8 Å². The van der Waals surface area contributed by atoms with Crippen molar-refractivity contribution in [2.75, 3.05) is 19.6 Å².